The van der Waals surface area contributed by atoms with Crippen molar-refractivity contribution in [3.8, 4) is 5.75 Å². The highest BCUT2D eigenvalue weighted by molar-refractivity contribution is 5.94. The maximum atomic E-state index is 13.4. The van der Waals surface area contributed by atoms with Crippen LogP contribution in [0, 0.1) is 17.6 Å². The van der Waals surface area contributed by atoms with Crippen LogP contribution in [0.25, 0.3) is 0 Å². The van der Waals surface area contributed by atoms with E-state index < -0.39 is 23.1 Å². The lowest BCUT2D eigenvalue weighted by Crippen LogP contribution is -2.45. The largest absolute Gasteiger partial charge is 0.505 e. The van der Waals surface area contributed by atoms with Crippen molar-refractivity contribution in [2.45, 2.75) is 37.9 Å². The number of nitrogens with one attached hydrogen (secondary N) is 1. The van der Waals surface area contributed by atoms with E-state index in [-0.39, 0.29) is 17.9 Å². The molecule has 0 bridgehead atoms. The van der Waals surface area contributed by atoms with Crippen molar-refractivity contribution in [1.29, 1.82) is 0 Å². The molecule has 1 aliphatic rings. The Morgan fingerprint density at radius 1 is 1.14 bits per heavy atom. The fourth-order valence-electron chi connectivity index (χ4n) is 3.48. The van der Waals surface area contributed by atoms with Crippen molar-refractivity contribution in [3.05, 3.63) is 65.2 Å². The van der Waals surface area contributed by atoms with Gasteiger partial charge >= 0.3 is 0 Å². The van der Waals surface area contributed by atoms with Crippen LogP contribution in [0.4, 0.5) is 8.78 Å². The number of carbonyl (C=O) groups excluding carboxylic acids is 1. The molecule has 1 saturated carbocycles. The van der Waals surface area contributed by atoms with E-state index in [0.717, 1.165) is 30.5 Å². The van der Waals surface area contributed by atoms with Crippen LogP contribution in [0.1, 0.15) is 41.6 Å². The van der Waals surface area contributed by atoms with Gasteiger partial charge in [0.2, 0.25) is 0 Å². The number of ether oxygens (including phenoxy) is 1. The van der Waals surface area contributed by atoms with Gasteiger partial charge in [0.05, 0.1) is 12.2 Å². The Balaban J connectivity index is 1.39. The molecule has 0 aliphatic heterocycles. The molecule has 3 N–H and O–H groups in total. The molecule has 29 heavy (non-hydrogen) atoms. The van der Waals surface area contributed by atoms with Gasteiger partial charge in [0.1, 0.15) is 5.82 Å². The number of aromatic hydroxyl groups is 1. The van der Waals surface area contributed by atoms with Crippen LogP contribution in [-0.2, 0) is 11.3 Å². The molecule has 156 valence electrons. The molecule has 2 aromatic rings. The fraction of sp³-hybridized carbons (Fsp3) is 0.409. The van der Waals surface area contributed by atoms with Gasteiger partial charge in [-0.15, -0.1) is 0 Å². The minimum atomic E-state index is -1.00. The number of phenols is 1. The first-order chi connectivity index (χ1) is 13.8. The number of hydrogen-bond acceptors (Lipinski definition) is 4. The first-order valence-corrected chi connectivity index (χ1v) is 9.66. The number of carbonyl (C=O) groups is 1. The number of benzene rings is 2. The number of aliphatic hydroxyl groups is 1. The van der Waals surface area contributed by atoms with Gasteiger partial charge in [-0.05, 0) is 67.5 Å². The second kappa shape index (κ2) is 9.33. The fourth-order valence-corrected chi connectivity index (χ4v) is 3.48. The number of amides is 1. The van der Waals surface area contributed by atoms with Crippen molar-refractivity contribution in [2.75, 3.05) is 13.2 Å². The smallest absolute Gasteiger partial charge is 0.251 e. The molecule has 5 nitrogen and oxygen atoms in total. The molecule has 0 saturated heterocycles. The third-order valence-electron chi connectivity index (χ3n) is 5.36. The average Bonchev–Trinajstić information content (AvgIpc) is 2.71. The van der Waals surface area contributed by atoms with E-state index in [2.05, 4.69) is 5.32 Å². The van der Waals surface area contributed by atoms with Gasteiger partial charge in [0.25, 0.3) is 5.91 Å². The molecule has 0 radical (unpaired) electrons. The van der Waals surface area contributed by atoms with Crippen LogP contribution in [-0.4, -0.2) is 34.9 Å². The zero-order chi connectivity index (χ0) is 20.9. The lowest BCUT2D eigenvalue weighted by molar-refractivity contribution is -0.0238. The molecule has 0 spiro atoms. The molecular formula is C22H25F2NO4. The number of rotatable bonds is 7. The van der Waals surface area contributed by atoms with Gasteiger partial charge in [-0.2, -0.15) is 0 Å². The van der Waals surface area contributed by atoms with E-state index in [1.807, 2.05) is 0 Å². The van der Waals surface area contributed by atoms with Gasteiger partial charge in [0.15, 0.2) is 11.6 Å². The predicted octanol–water partition coefficient (Wildman–Crippen LogP) is 3.54. The third kappa shape index (κ3) is 5.98. The Morgan fingerprint density at radius 3 is 2.48 bits per heavy atom. The zero-order valence-corrected chi connectivity index (χ0v) is 16.0. The highest BCUT2D eigenvalue weighted by atomic mass is 19.1. The summed E-state index contributed by atoms with van der Waals surface area (Å²) in [6.07, 6.45) is 2.59. The summed E-state index contributed by atoms with van der Waals surface area (Å²) in [4.78, 5) is 12.1. The lowest BCUT2D eigenvalue weighted by Gasteiger charge is -2.36. The molecule has 1 aliphatic carbocycles. The first-order valence-electron chi connectivity index (χ1n) is 9.66. The van der Waals surface area contributed by atoms with Gasteiger partial charge in [-0.1, -0.05) is 12.1 Å². The molecule has 2 aromatic carbocycles. The van der Waals surface area contributed by atoms with Crippen molar-refractivity contribution in [2.24, 2.45) is 5.92 Å². The van der Waals surface area contributed by atoms with Crippen molar-refractivity contribution < 1.29 is 28.5 Å². The Morgan fingerprint density at radius 2 is 1.83 bits per heavy atom. The molecule has 0 aromatic heterocycles. The minimum Gasteiger partial charge on any atom is -0.505 e. The molecule has 0 unspecified atom stereocenters. The zero-order valence-electron chi connectivity index (χ0n) is 16.0. The maximum Gasteiger partial charge on any atom is 0.251 e. The van der Waals surface area contributed by atoms with Crippen LogP contribution >= 0.6 is 0 Å². The summed E-state index contributed by atoms with van der Waals surface area (Å²) in [7, 11) is 0. The minimum absolute atomic E-state index is 0.0808. The Labute approximate surface area is 168 Å². The lowest BCUT2D eigenvalue weighted by atomic mass is 9.79. The summed E-state index contributed by atoms with van der Waals surface area (Å²) >= 11 is 0. The highest BCUT2D eigenvalue weighted by Gasteiger charge is 2.33. The maximum absolute atomic E-state index is 13.4. The molecule has 0 atom stereocenters. The van der Waals surface area contributed by atoms with E-state index in [1.54, 1.807) is 12.1 Å². The molecule has 1 fully saturated rings. The van der Waals surface area contributed by atoms with E-state index in [4.69, 9.17) is 4.74 Å². The molecule has 3 rings (SSSR count). The predicted molar refractivity (Wildman–Crippen MR) is 103 cm³/mol. The summed E-state index contributed by atoms with van der Waals surface area (Å²) in [5.41, 5.74) is -0.00245. The molecule has 7 heteroatoms. The monoisotopic (exact) mass is 405 g/mol. The second-order valence-corrected chi connectivity index (χ2v) is 7.66. The van der Waals surface area contributed by atoms with Gasteiger partial charge in [-0.3, -0.25) is 4.79 Å². The first kappa shape index (κ1) is 21.2. The van der Waals surface area contributed by atoms with Crippen LogP contribution in [0.5, 0.6) is 5.75 Å². The Hall–Kier alpha value is -2.51. The highest BCUT2D eigenvalue weighted by Crippen LogP contribution is 2.32. The van der Waals surface area contributed by atoms with E-state index >= 15 is 0 Å². The molecular weight excluding hydrogens is 380 g/mol. The SMILES string of the molecule is O=C(NC[C@]1(O)CC[C@@H](COCc2ccc(F)cc2)CC1)c1ccc(O)c(F)c1. The van der Waals surface area contributed by atoms with Crippen LogP contribution < -0.4 is 5.32 Å². The quantitative estimate of drug-likeness (QED) is 0.658. The van der Waals surface area contributed by atoms with E-state index in [1.165, 1.54) is 18.2 Å². The Kier molecular flexibility index (Phi) is 6.82. The summed E-state index contributed by atoms with van der Waals surface area (Å²) in [6, 6.07) is 9.60. The normalized spacial score (nSPS) is 21.7. The summed E-state index contributed by atoms with van der Waals surface area (Å²) in [5.74, 6) is -1.83. The molecule has 1 amide bonds. The van der Waals surface area contributed by atoms with Crippen LogP contribution in [0.2, 0.25) is 0 Å². The van der Waals surface area contributed by atoms with Crippen molar-refractivity contribution >= 4 is 5.91 Å². The number of hydrogen-bond donors (Lipinski definition) is 3. The molecule has 0 heterocycles. The van der Waals surface area contributed by atoms with Crippen molar-refractivity contribution in [1.82, 2.24) is 5.32 Å². The van der Waals surface area contributed by atoms with E-state index in [9.17, 15) is 23.8 Å². The number of phenolic OH excluding ortho intramolecular Hbond substituents is 1. The van der Waals surface area contributed by atoms with Crippen LogP contribution in [0.15, 0.2) is 42.5 Å². The average molecular weight is 405 g/mol. The summed E-state index contributed by atoms with van der Waals surface area (Å²) < 4.78 is 32.0. The summed E-state index contributed by atoms with van der Waals surface area (Å²) in [6.45, 7) is 1.06. The second-order valence-electron chi connectivity index (χ2n) is 7.66. The topological polar surface area (TPSA) is 78.8 Å². The third-order valence-corrected chi connectivity index (χ3v) is 5.36. The summed E-state index contributed by atoms with van der Waals surface area (Å²) in [5, 5.41) is 22.5. The number of halogens is 2. The van der Waals surface area contributed by atoms with E-state index in [0.29, 0.717) is 32.0 Å². The van der Waals surface area contributed by atoms with Gasteiger partial charge in [-0.25, -0.2) is 8.78 Å². The standard InChI is InChI=1S/C22H25F2NO4/c23-18-4-1-15(2-5-18)12-29-13-16-7-9-22(28,10-8-16)14-25-21(27)17-3-6-20(26)19(24)11-17/h1-6,11,16,26,28H,7-10,12-14H2,(H,25,27)/t16-,22+. The Bertz CT molecular complexity index is 833. The van der Waals surface area contributed by atoms with Crippen LogP contribution in [0.3, 0.4) is 0 Å². The van der Waals surface area contributed by atoms with Gasteiger partial charge < -0.3 is 20.3 Å². The van der Waals surface area contributed by atoms with Crippen molar-refractivity contribution in [3.63, 3.8) is 0 Å². The van der Waals surface area contributed by atoms with Gasteiger partial charge in [0, 0.05) is 18.7 Å².